The van der Waals surface area contributed by atoms with Gasteiger partial charge in [0.15, 0.2) is 0 Å². The molecule has 0 aromatic carbocycles. The molecule has 1 heterocycles. The molecule has 1 atom stereocenters. The molecule has 98 valence electrons. The minimum Gasteiger partial charge on any atom is -0.338 e. The average molecular weight is 238 g/mol. The molecule has 3 nitrogen and oxygen atoms in total. The number of hydrogen-bond donors (Lipinski definition) is 1. The zero-order chi connectivity index (χ0) is 12.7. The lowest BCUT2D eigenvalue weighted by molar-refractivity contribution is -0.131. The van der Waals surface area contributed by atoms with Gasteiger partial charge in [-0.15, -0.1) is 0 Å². The first-order chi connectivity index (χ1) is 8.17. The van der Waals surface area contributed by atoms with Crippen LogP contribution in [0.5, 0.6) is 0 Å². The summed E-state index contributed by atoms with van der Waals surface area (Å²) in [5, 5.41) is 0. The van der Waals surface area contributed by atoms with Crippen molar-refractivity contribution in [3.8, 4) is 0 Å². The summed E-state index contributed by atoms with van der Waals surface area (Å²) in [5.41, 5.74) is 6.89. The molecule has 17 heavy (non-hydrogen) atoms. The Morgan fingerprint density at radius 1 is 1.53 bits per heavy atom. The molecule has 3 heteroatoms. The Bertz CT molecular complexity index is 273. The van der Waals surface area contributed by atoms with Crippen LogP contribution in [0.2, 0.25) is 0 Å². The molecule has 0 aromatic heterocycles. The van der Waals surface area contributed by atoms with E-state index in [2.05, 4.69) is 19.9 Å². The topological polar surface area (TPSA) is 46.3 Å². The standard InChI is InChI=1S/C14H26N2O/c1-3-13(8-9-15)6-7-14(17)16-10-4-5-12(2)11-16/h5,13H,3-4,6-11,15H2,1-2H3. The molecule has 1 aliphatic heterocycles. The van der Waals surface area contributed by atoms with E-state index in [1.165, 1.54) is 5.57 Å². The molecule has 0 bridgehead atoms. The van der Waals surface area contributed by atoms with E-state index in [4.69, 9.17) is 5.73 Å². The molecule has 0 fully saturated rings. The maximum Gasteiger partial charge on any atom is 0.222 e. The van der Waals surface area contributed by atoms with Crippen LogP contribution in [0.4, 0.5) is 0 Å². The third-order valence-electron chi connectivity index (χ3n) is 3.60. The Hall–Kier alpha value is -0.830. The van der Waals surface area contributed by atoms with E-state index in [-0.39, 0.29) is 0 Å². The summed E-state index contributed by atoms with van der Waals surface area (Å²) in [6.45, 7) is 6.73. The van der Waals surface area contributed by atoms with Gasteiger partial charge in [0.2, 0.25) is 5.91 Å². The molecule has 1 unspecified atom stereocenters. The predicted octanol–water partition coefficient (Wildman–Crippen LogP) is 2.32. The quantitative estimate of drug-likeness (QED) is 0.722. The SMILES string of the molecule is CCC(CCN)CCC(=O)N1CCC=C(C)C1. The van der Waals surface area contributed by atoms with Gasteiger partial charge in [0.1, 0.15) is 0 Å². The lowest BCUT2D eigenvalue weighted by Crippen LogP contribution is -2.35. The second-order valence-electron chi connectivity index (χ2n) is 5.04. The number of carbonyl (C=O) groups is 1. The van der Waals surface area contributed by atoms with E-state index in [0.29, 0.717) is 18.2 Å². The molecule has 0 aliphatic carbocycles. The number of amides is 1. The Morgan fingerprint density at radius 3 is 2.88 bits per heavy atom. The van der Waals surface area contributed by atoms with Crippen LogP contribution in [0.25, 0.3) is 0 Å². The summed E-state index contributed by atoms with van der Waals surface area (Å²) in [6, 6.07) is 0. The van der Waals surface area contributed by atoms with Crippen molar-refractivity contribution >= 4 is 5.91 Å². The van der Waals surface area contributed by atoms with E-state index in [9.17, 15) is 4.79 Å². The molecule has 0 saturated heterocycles. The van der Waals surface area contributed by atoms with E-state index in [0.717, 1.165) is 45.3 Å². The Morgan fingerprint density at radius 2 is 2.29 bits per heavy atom. The fourth-order valence-corrected chi connectivity index (χ4v) is 2.40. The van der Waals surface area contributed by atoms with Crippen molar-refractivity contribution in [1.82, 2.24) is 4.90 Å². The van der Waals surface area contributed by atoms with Gasteiger partial charge in [-0.05, 0) is 38.6 Å². The van der Waals surface area contributed by atoms with Crippen LogP contribution < -0.4 is 5.73 Å². The normalized spacial score (nSPS) is 17.8. The van der Waals surface area contributed by atoms with Gasteiger partial charge in [0, 0.05) is 19.5 Å². The third-order valence-corrected chi connectivity index (χ3v) is 3.60. The zero-order valence-corrected chi connectivity index (χ0v) is 11.2. The number of nitrogens with two attached hydrogens (primary N) is 1. The molecule has 1 rings (SSSR count). The first-order valence-corrected chi connectivity index (χ1v) is 6.80. The number of rotatable bonds is 6. The fraction of sp³-hybridized carbons (Fsp3) is 0.786. The van der Waals surface area contributed by atoms with E-state index < -0.39 is 0 Å². The molecule has 0 aromatic rings. The zero-order valence-electron chi connectivity index (χ0n) is 11.2. The summed E-state index contributed by atoms with van der Waals surface area (Å²) in [5.74, 6) is 0.929. The highest BCUT2D eigenvalue weighted by Gasteiger charge is 2.17. The second-order valence-corrected chi connectivity index (χ2v) is 5.04. The predicted molar refractivity (Wildman–Crippen MR) is 71.6 cm³/mol. The van der Waals surface area contributed by atoms with Crippen LogP contribution in [0.15, 0.2) is 11.6 Å². The van der Waals surface area contributed by atoms with Gasteiger partial charge in [-0.2, -0.15) is 0 Å². The van der Waals surface area contributed by atoms with Gasteiger partial charge in [0.25, 0.3) is 0 Å². The van der Waals surface area contributed by atoms with Crippen molar-refractivity contribution in [2.24, 2.45) is 11.7 Å². The van der Waals surface area contributed by atoms with Crippen molar-refractivity contribution in [2.45, 2.75) is 46.0 Å². The molecule has 0 spiro atoms. The minimum absolute atomic E-state index is 0.313. The van der Waals surface area contributed by atoms with Gasteiger partial charge in [0.05, 0.1) is 0 Å². The Labute approximate surface area is 105 Å². The molecule has 1 aliphatic rings. The third kappa shape index (κ3) is 4.90. The van der Waals surface area contributed by atoms with Crippen molar-refractivity contribution in [1.29, 1.82) is 0 Å². The minimum atomic E-state index is 0.313. The van der Waals surface area contributed by atoms with Crippen molar-refractivity contribution in [3.63, 3.8) is 0 Å². The highest BCUT2D eigenvalue weighted by Crippen LogP contribution is 2.17. The summed E-state index contributed by atoms with van der Waals surface area (Å²) in [4.78, 5) is 14.0. The monoisotopic (exact) mass is 238 g/mol. The Balaban J connectivity index is 2.31. The first kappa shape index (κ1) is 14.2. The average Bonchev–Trinajstić information content (AvgIpc) is 2.34. The number of nitrogens with zero attached hydrogens (tertiary/aromatic N) is 1. The summed E-state index contributed by atoms with van der Waals surface area (Å²) < 4.78 is 0. The lowest BCUT2D eigenvalue weighted by Gasteiger charge is -2.27. The van der Waals surface area contributed by atoms with Gasteiger partial charge in [-0.25, -0.2) is 0 Å². The molecular formula is C14H26N2O. The van der Waals surface area contributed by atoms with Crippen LogP contribution in [0.3, 0.4) is 0 Å². The van der Waals surface area contributed by atoms with Crippen molar-refractivity contribution in [3.05, 3.63) is 11.6 Å². The van der Waals surface area contributed by atoms with E-state index in [1.807, 2.05) is 4.90 Å². The summed E-state index contributed by atoms with van der Waals surface area (Å²) in [7, 11) is 0. The maximum absolute atomic E-state index is 12.0. The number of carbonyl (C=O) groups excluding carboxylic acids is 1. The van der Waals surface area contributed by atoms with Gasteiger partial charge in [-0.3, -0.25) is 4.79 Å². The van der Waals surface area contributed by atoms with Crippen molar-refractivity contribution < 1.29 is 4.79 Å². The van der Waals surface area contributed by atoms with Crippen LogP contribution in [0.1, 0.15) is 46.0 Å². The van der Waals surface area contributed by atoms with Gasteiger partial charge in [-0.1, -0.05) is 25.0 Å². The Kier molecular flexibility index (Phi) is 6.27. The van der Waals surface area contributed by atoms with Crippen LogP contribution >= 0.6 is 0 Å². The molecule has 1 amide bonds. The smallest absolute Gasteiger partial charge is 0.222 e. The van der Waals surface area contributed by atoms with Crippen molar-refractivity contribution in [2.75, 3.05) is 19.6 Å². The number of hydrogen-bond acceptors (Lipinski definition) is 2. The fourth-order valence-electron chi connectivity index (χ4n) is 2.40. The van der Waals surface area contributed by atoms with Crippen LogP contribution in [0, 0.1) is 5.92 Å². The summed E-state index contributed by atoms with van der Waals surface area (Å²) >= 11 is 0. The van der Waals surface area contributed by atoms with Crippen LogP contribution in [-0.2, 0) is 4.79 Å². The molecule has 2 N–H and O–H groups in total. The molecule has 0 saturated carbocycles. The lowest BCUT2D eigenvalue weighted by atomic mass is 9.96. The van der Waals surface area contributed by atoms with E-state index in [1.54, 1.807) is 0 Å². The molecule has 0 radical (unpaired) electrons. The molecular weight excluding hydrogens is 212 g/mol. The highest BCUT2D eigenvalue weighted by atomic mass is 16.2. The maximum atomic E-state index is 12.0. The summed E-state index contributed by atoms with van der Waals surface area (Å²) in [6.07, 6.45) is 7.09. The highest BCUT2D eigenvalue weighted by molar-refractivity contribution is 5.76. The van der Waals surface area contributed by atoms with Gasteiger partial charge >= 0.3 is 0 Å². The second kappa shape index (κ2) is 7.49. The van der Waals surface area contributed by atoms with Crippen LogP contribution in [-0.4, -0.2) is 30.4 Å². The van der Waals surface area contributed by atoms with E-state index >= 15 is 0 Å². The largest absolute Gasteiger partial charge is 0.338 e. The first-order valence-electron chi connectivity index (χ1n) is 6.80. The van der Waals surface area contributed by atoms with Gasteiger partial charge < -0.3 is 10.6 Å².